The molecule has 92 valence electrons. The molecule has 0 rings (SSSR count). The van der Waals surface area contributed by atoms with Gasteiger partial charge in [0.15, 0.2) is 0 Å². The molecule has 0 atom stereocenters. The predicted molar refractivity (Wildman–Crippen MR) is 66.4 cm³/mol. The van der Waals surface area contributed by atoms with Crippen molar-refractivity contribution in [1.29, 1.82) is 0 Å². The quantitative estimate of drug-likeness (QED) is 0.532. The van der Waals surface area contributed by atoms with Crippen LogP contribution >= 0.6 is 0 Å². The second-order valence-corrected chi connectivity index (χ2v) is 4.23. The van der Waals surface area contributed by atoms with Crippen molar-refractivity contribution < 1.29 is 4.74 Å². The lowest BCUT2D eigenvalue weighted by molar-refractivity contribution is 0.114. The molecule has 0 saturated carbocycles. The molecule has 0 spiro atoms. The van der Waals surface area contributed by atoms with E-state index >= 15 is 0 Å². The van der Waals surface area contributed by atoms with Gasteiger partial charge in [-0.2, -0.15) is 0 Å². The molecule has 0 bridgehead atoms. The molecule has 0 aliphatic carbocycles. The molecule has 0 saturated heterocycles. The molecule has 0 amide bonds. The number of nitrogens with one attached hydrogen (secondary N) is 1. The van der Waals surface area contributed by atoms with E-state index in [1.54, 1.807) is 0 Å². The van der Waals surface area contributed by atoms with E-state index in [0.29, 0.717) is 0 Å². The monoisotopic (exact) mass is 216 g/mol. The van der Waals surface area contributed by atoms with Crippen molar-refractivity contribution in [2.45, 2.75) is 32.6 Å². The number of likely N-dealkylation sites (N-methyl/N-ethyl adjacent to an activating group) is 1. The fourth-order valence-corrected chi connectivity index (χ4v) is 1.28. The molecule has 0 heterocycles. The Kier molecular flexibility index (Phi) is 11.9. The highest BCUT2D eigenvalue weighted by Crippen LogP contribution is 1.94. The molecule has 0 fully saturated rings. The standard InChI is InChI=1S/C12H28N2O/c1-4-8-13-9-6-5-7-11-15-12-10-14(2)3/h13H,4-12H2,1-3H3. The summed E-state index contributed by atoms with van der Waals surface area (Å²) in [6, 6.07) is 0. The molecule has 0 aromatic carbocycles. The van der Waals surface area contributed by atoms with Gasteiger partial charge in [0.1, 0.15) is 0 Å². The summed E-state index contributed by atoms with van der Waals surface area (Å²) >= 11 is 0. The minimum absolute atomic E-state index is 0.862. The maximum atomic E-state index is 5.51. The van der Waals surface area contributed by atoms with Crippen LogP contribution in [0, 0.1) is 0 Å². The van der Waals surface area contributed by atoms with Crippen molar-refractivity contribution in [2.75, 3.05) is 46.9 Å². The van der Waals surface area contributed by atoms with Gasteiger partial charge in [-0.15, -0.1) is 0 Å². The molecule has 0 aliphatic heterocycles. The average Bonchev–Trinajstić information content (AvgIpc) is 2.20. The van der Waals surface area contributed by atoms with Gasteiger partial charge in [-0.25, -0.2) is 0 Å². The highest BCUT2D eigenvalue weighted by Gasteiger charge is 1.92. The summed E-state index contributed by atoms with van der Waals surface area (Å²) in [5, 5.41) is 3.40. The van der Waals surface area contributed by atoms with Crippen molar-refractivity contribution in [1.82, 2.24) is 10.2 Å². The number of hydrogen-bond donors (Lipinski definition) is 1. The fourth-order valence-electron chi connectivity index (χ4n) is 1.28. The minimum atomic E-state index is 0.862. The third-order valence-corrected chi connectivity index (χ3v) is 2.25. The zero-order valence-electron chi connectivity index (χ0n) is 10.7. The van der Waals surface area contributed by atoms with Gasteiger partial charge in [0.05, 0.1) is 6.61 Å². The van der Waals surface area contributed by atoms with E-state index in [4.69, 9.17) is 4.74 Å². The number of rotatable bonds is 11. The largest absolute Gasteiger partial charge is 0.380 e. The van der Waals surface area contributed by atoms with Gasteiger partial charge in [0.2, 0.25) is 0 Å². The van der Waals surface area contributed by atoms with Crippen LogP contribution in [0.3, 0.4) is 0 Å². The molecule has 0 aromatic heterocycles. The third kappa shape index (κ3) is 13.9. The predicted octanol–water partition coefficient (Wildman–Crippen LogP) is 1.73. The van der Waals surface area contributed by atoms with E-state index in [0.717, 1.165) is 32.8 Å². The summed E-state index contributed by atoms with van der Waals surface area (Å²) in [7, 11) is 4.14. The highest BCUT2D eigenvalue weighted by molar-refractivity contribution is 4.48. The van der Waals surface area contributed by atoms with Crippen LogP contribution in [0.5, 0.6) is 0 Å². The van der Waals surface area contributed by atoms with E-state index in [-0.39, 0.29) is 0 Å². The average molecular weight is 216 g/mol. The SMILES string of the molecule is CCCNCCCCCOCCN(C)C. The Morgan fingerprint density at radius 3 is 2.47 bits per heavy atom. The van der Waals surface area contributed by atoms with Gasteiger partial charge in [-0.05, 0) is 52.9 Å². The van der Waals surface area contributed by atoms with Crippen LogP contribution in [0.4, 0.5) is 0 Å². The Balaban J connectivity index is 2.87. The molecule has 0 radical (unpaired) electrons. The summed E-state index contributed by atoms with van der Waals surface area (Å²) in [6.45, 7) is 7.32. The Labute approximate surface area is 95.2 Å². The lowest BCUT2D eigenvalue weighted by Gasteiger charge is -2.09. The van der Waals surface area contributed by atoms with Crippen LogP contribution in [-0.2, 0) is 4.74 Å². The summed E-state index contributed by atoms with van der Waals surface area (Å²) in [5.41, 5.74) is 0. The third-order valence-electron chi connectivity index (χ3n) is 2.25. The normalized spacial score (nSPS) is 11.2. The number of nitrogens with zero attached hydrogens (tertiary/aromatic N) is 1. The van der Waals surface area contributed by atoms with Crippen LogP contribution in [0.2, 0.25) is 0 Å². The van der Waals surface area contributed by atoms with E-state index in [1.807, 2.05) is 0 Å². The van der Waals surface area contributed by atoms with Gasteiger partial charge in [0.25, 0.3) is 0 Å². The van der Waals surface area contributed by atoms with E-state index in [1.165, 1.54) is 25.7 Å². The molecule has 0 unspecified atom stereocenters. The van der Waals surface area contributed by atoms with Gasteiger partial charge >= 0.3 is 0 Å². The Morgan fingerprint density at radius 1 is 1.00 bits per heavy atom. The minimum Gasteiger partial charge on any atom is -0.380 e. The van der Waals surface area contributed by atoms with E-state index in [9.17, 15) is 0 Å². The van der Waals surface area contributed by atoms with Crippen molar-refractivity contribution in [3.05, 3.63) is 0 Å². The molecule has 0 aromatic rings. The van der Waals surface area contributed by atoms with E-state index in [2.05, 4.69) is 31.2 Å². The zero-order chi connectivity index (χ0) is 11.4. The maximum Gasteiger partial charge on any atom is 0.0593 e. The molecule has 0 aliphatic rings. The summed E-state index contributed by atoms with van der Waals surface area (Å²) in [6.07, 6.45) is 4.98. The van der Waals surface area contributed by atoms with Gasteiger partial charge in [0, 0.05) is 13.2 Å². The van der Waals surface area contributed by atoms with E-state index < -0.39 is 0 Å². The first kappa shape index (κ1) is 14.9. The Bertz CT molecular complexity index is 118. The Morgan fingerprint density at radius 2 is 1.80 bits per heavy atom. The summed E-state index contributed by atoms with van der Waals surface area (Å²) in [4.78, 5) is 2.15. The molecular weight excluding hydrogens is 188 g/mol. The molecular formula is C12H28N2O. The van der Waals surface area contributed by atoms with Gasteiger partial charge in [-0.3, -0.25) is 0 Å². The number of ether oxygens (including phenoxy) is 1. The van der Waals surface area contributed by atoms with Gasteiger partial charge in [-0.1, -0.05) is 6.92 Å². The lowest BCUT2D eigenvalue weighted by Crippen LogP contribution is -2.18. The van der Waals surface area contributed by atoms with Crippen molar-refractivity contribution in [3.8, 4) is 0 Å². The number of hydrogen-bond acceptors (Lipinski definition) is 3. The van der Waals surface area contributed by atoms with Crippen LogP contribution in [0.25, 0.3) is 0 Å². The first-order valence-corrected chi connectivity index (χ1v) is 6.20. The van der Waals surface area contributed by atoms with Crippen LogP contribution in [-0.4, -0.2) is 51.8 Å². The first-order chi connectivity index (χ1) is 7.27. The molecule has 1 N–H and O–H groups in total. The number of unbranched alkanes of at least 4 members (excludes halogenated alkanes) is 2. The molecule has 15 heavy (non-hydrogen) atoms. The molecule has 3 heteroatoms. The van der Waals surface area contributed by atoms with Crippen LogP contribution in [0.15, 0.2) is 0 Å². The second kappa shape index (κ2) is 12.0. The van der Waals surface area contributed by atoms with Crippen LogP contribution < -0.4 is 5.32 Å². The lowest BCUT2D eigenvalue weighted by atomic mass is 10.2. The fraction of sp³-hybridized carbons (Fsp3) is 1.00. The van der Waals surface area contributed by atoms with Crippen LogP contribution in [0.1, 0.15) is 32.6 Å². The van der Waals surface area contributed by atoms with Crippen molar-refractivity contribution in [3.63, 3.8) is 0 Å². The maximum absolute atomic E-state index is 5.51. The highest BCUT2D eigenvalue weighted by atomic mass is 16.5. The Hall–Kier alpha value is -0.120. The van der Waals surface area contributed by atoms with Gasteiger partial charge < -0.3 is 15.0 Å². The summed E-state index contributed by atoms with van der Waals surface area (Å²) < 4.78 is 5.51. The topological polar surface area (TPSA) is 24.5 Å². The smallest absolute Gasteiger partial charge is 0.0593 e. The first-order valence-electron chi connectivity index (χ1n) is 6.20. The van der Waals surface area contributed by atoms with Crippen molar-refractivity contribution in [2.24, 2.45) is 0 Å². The van der Waals surface area contributed by atoms with Crippen molar-refractivity contribution >= 4 is 0 Å². The summed E-state index contributed by atoms with van der Waals surface area (Å²) in [5.74, 6) is 0. The second-order valence-electron chi connectivity index (χ2n) is 4.23. The molecule has 3 nitrogen and oxygen atoms in total. The zero-order valence-corrected chi connectivity index (χ0v) is 10.7.